The number of hydrogen-bond acceptors (Lipinski definition) is 3. The molecule has 6 heteroatoms. The third-order valence-corrected chi connectivity index (χ3v) is 7.84. The van der Waals surface area contributed by atoms with E-state index in [0.717, 1.165) is 58.0 Å². The standard InChI is InChI=1S/C20H33N3O2S/c1-21-16-12-20(13-17-21)23(18-11-19-9-5-4-6-10-19)26(24,25)22-14-7-2-3-8-15-22/h4-6,9-10,20H,2-3,7-8,11-18H2,1H3. The monoisotopic (exact) mass is 379 g/mol. The fraction of sp³-hybridized carbons (Fsp3) is 0.700. The van der Waals surface area contributed by atoms with Gasteiger partial charge in [0.25, 0.3) is 10.2 Å². The molecule has 0 N–H and O–H groups in total. The zero-order valence-electron chi connectivity index (χ0n) is 16.0. The molecule has 0 saturated carbocycles. The number of rotatable bonds is 6. The minimum absolute atomic E-state index is 0.128. The van der Waals surface area contributed by atoms with Gasteiger partial charge in [0, 0.05) is 25.7 Å². The lowest BCUT2D eigenvalue weighted by Gasteiger charge is -2.38. The largest absolute Gasteiger partial charge is 0.306 e. The van der Waals surface area contributed by atoms with E-state index in [0.29, 0.717) is 19.6 Å². The Morgan fingerprint density at radius 1 is 0.962 bits per heavy atom. The van der Waals surface area contributed by atoms with Crippen LogP contribution in [0.5, 0.6) is 0 Å². The predicted octanol–water partition coefficient (Wildman–Crippen LogP) is 2.75. The summed E-state index contributed by atoms with van der Waals surface area (Å²) < 4.78 is 30.5. The zero-order valence-corrected chi connectivity index (χ0v) is 16.8. The van der Waals surface area contributed by atoms with E-state index in [9.17, 15) is 8.42 Å². The summed E-state index contributed by atoms with van der Waals surface area (Å²) in [5, 5.41) is 0. The molecule has 0 radical (unpaired) electrons. The van der Waals surface area contributed by atoms with Crippen molar-refractivity contribution in [2.24, 2.45) is 0 Å². The SMILES string of the molecule is CN1CCC(N(CCc2ccccc2)S(=O)(=O)N2CCCCCC2)CC1. The van der Waals surface area contributed by atoms with Crippen molar-refractivity contribution in [3.63, 3.8) is 0 Å². The molecule has 3 rings (SSSR count). The van der Waals surface area contributed by atoms with Crippen molar-refractivity contribution in [2.75, 3.05) is 39.8 Å². The maximum Gasteiger partial charge on any atom is 0.282 e. The van der Waals surface area contributed by atoms with E-state index in [1.165, 1.54) is 5.56 Å². The highest BCUT2D eigenvalue weighted by atomic mass is 32.2. The van der Waals surface area contributed by atoms with Crippen molar-refractivity contribution >= 4 is 10.2 Å². The third kappa shape index (κ3) is 5.06. The minimum atomic E-state index is -3.39. The second-order valence-electron chi connectivity index (χ2n) is 7.70. The molecule has 26 heavy (non-hydrogen) atoms. The minimum Gasteiger partial charge on any atom is -0.306 e. The van der Waals surface area contributed by atoms with Crippen LogP contribution in [-0.2, 0) is 16.6 Å². The third-order valence-electron chi connectivity index (χ3n) is 5.75. The molecule has 2 aliphatic rings. The van der Waals surface area contributed by atoms with Gasteiger partial charge in [-0.05, 0) is 57.8 Å². The molecule has 2 fully saturated rings. The van der Waals surface area contributed by atoms with Crippen molar-refractivity contribution in [1.82, 2.24) is 13.5 Å². The summed E-state index contributed by atoms with van der Waals surface area (Å²) in [5.74, 6) is 0. The van der Waals surface area contributed by atoms with Crippen LogP contribution in [0, 0.1) is 0 Å². The summed E-state index contributed by atoms with van der Waals surface area (Å²) in [5.41, 5.74) is 1.21. The Balaban J connectivity index is 1.76. The maximum atomic E-state index is 13.5. The molecular weight excluding hydrogens is 346 g/mol. The van der Waals surface area contributed by atoms with Gasteiger partial charge in [0.1, 0.15) is 0 Å². The number of likely N-dealkylation sites (tertiary alicyclic amines) is 1. The second kappa shape index (κ2) is 9.31. The van der Waals surface area contributed by atoms with E-state index in [-0.39, 0.29) is 6.04 Å². The summed E-state index contributed by atoms with van der Waals surface area (Å²) in [6.45, 7) is 3.88. The Labute approximate surface area is 159 Å². The lowest BCUT2D eigenvalue weighted by Crippen LogP contribution is -2.52. The van der Waals surface area contributed by atoms with E-state index in [2.05, 4.69) is 24.1 Å². The van der Waals surface area contributed by atoms with E-state index in [1.54, 1.807) is 4.31 Å². The first-order chi connectivity index (χ1) is 12.6. The lowest BCUT2D eigenvalue weighted by molar-refractivity contribution is 0.176. The van der Waals surface area contributed by atoms with Crippen molar-refractivity contribution in [3.8, 4) is 0 Å². The Bertz CT molecular complexity index is 634. The predicted molar refractivity (Wildman–Crippen MR) is 106 cm³/mol. The molecule has 0 spiro atoms. The molecule has 0 aromatic heterocycles. The highest BCUT2D eigenvalue weighted by Gasteiger charge is 2.36. The van der Waals surface area contributed by atoms with Crippen LogP contribution >= 0.6 is 0 Å². The summed E-state index contributed by atoms with van der Waals surface area (Å²) in [4.78, 5) is 2.30. The van der Waals surface area contributed by atoms with Crippen LogP contribution in [0.4, 0.5) is 0 Å². The Hall–Kier alpha value is -0.950. The van der Waals surface area contributed by atoms with Crippen molar-refractivity contribution in [2.45, 2.75) is 51.0 Å². The number of nitrogens with zero attached hydrogens (tertiary/aromatic N) is 3. The molecule has 146 valence electrons. The van der Waals surface area contributed by atoms with E-state index >= 15 is 0 Å². The molecule has 0 atom stereocenters. The first-order valence-electron chi connectivity index (χ1n) is 10.1. The fourth-order valence-electron chi connectivity index (χ4n) is 4.07. The summed E-state index contributed by atoms with van der Waals surface area (Å²) in [6.07, 6.45) is 6.89. The molecule has 0 bridgehead atoms. The molecular formula is C20H33N3O2S. The quantitative estimate of drug-likeness (QED) is 0.763. The molecule has 1 aromatic carbocycles. The second-order valence-corrected chi connectivity index (χ2v) is 9.58. The van der Waals surface area contributed by atoms with Gasteiger partial charge in [0.2, 0.25) is 0 Å². The highest BCUT2D eigenvalue weighted by Crippen LogP contribution is 2.24. The zero-order chi connectivity index (χ0) is 18.4. The Kier molecular flexibility index (Phi) is 7.09. The lowest BCUT2D eigenvalue weighted by atomic mass is 10.0. The van der Waals surface area contributed by atoms with E-state index in [4.69, 9.17) is 0 Å². The smallest absolute Gasteiger partial charge is 0.282 e. The van der Waals surface area contributed by atoms with Gasteiger partial charge < -0.3 is 4.90 Å². The fourth-order valence-corrected chi connectivity index (χ4v) is 6.00. The van der Waals surface area contributed by atoms with Crippen LogP contribution in [0.15, 0.2) is 30.3 Å². The highest BCUT2D eigenvalue weighted by molar-refractivity contribution is 7.86. The molecule has 0 aliphatic carbocycles. The average molecular weight is 380 g/mol. The molecule has 0 amide bonds. The number of piperidine rings is 1. The first kappa shape index (κ1) is 19.8. The van der Waals surface area contributed by atoms with Crippen molar-refractivity contribution in [1.29, 1.82) is 0 Å². The van der Waals surface area contributed by atoms with Crippen LogP contribution in [0.3, 0.4) is 0 Å². The molecule has 5 nitrogen and oxygen atoms in total. The van der Waals surface area contributed by atoms with Crippen molar-refractivity contribution in [3.05, 3.63) is 35.9 Å². The van der Waals surface area contributed by atoms with Gasteiger partial charge in [-0.1, -0.05) is 43.2 Å². The van der Waals surface area contributed by atoms with Crippen LogP contribution in [0.2, 0.25) is 0 Å². The first-order valence-corrected chi connectivity index (χ1v) is 11.5. The molecule has 2 heterocycles. The molecule has 0 unspecified atom stereocenters. The van der Waals surface area contributed by atoms with E-state index in [1.807, 2.05) is 22.5 Å². The maximum absolute atomic E-state index is 13.5. The summed E-state index contributed by atoms with van der Waals surface area (Å²) in [7, 11) is -1.27. The van der Waals surface area contributed by atoms with Gasteiger partial charge in [-0.25, -0.2) is 0 Å². The number of hydrogen-bond donors (Lipinski definition) is 0. The molecule has 2 aliphatic heterocycles. The van der Waals surface area contributed by atoms with Gasteiger partial charge >= 0.3 is 0 Å². The van der Waals surface area contributed by atoms with Crippen LogP contribution in [0.25, 0.3) is 0 Å². The Morgan fingerprint density at radius 3 is 2.19 bits per heavy atom. The van der Waals surface area contributed by atoms with E-state index < -0.39 is 10.2 Å². The Morgan fingerprint density at radius 2 is 1.58 bits per heavy atom. The summed E-state index contributed by atoms with van der Waals surface area (Å²) >= 11 is 0. The molecule has 2 saturated heterocycles. The summed E-state index contributed by atoms with van der Waals surface area (Å²) in [6, 6.07) is 10.4. The van der Waals surface area contributed by atoms with Crippen LogP contribution in [0.1, 0.15) is 44.1 Å². The van der Waals surface area contributed by atoms with Gasteiger partial charge in [-0.3, -0.25) is 0 Å². The normalized spacial score (nSPS) is 21.8. The van der Waals surface area contributed by atoms with Crippen LogP contribution < -0.4 is 0 Å². The topological polar surface area (TPSA) is 43.9 Å². The van der Waals surface area contributed by atoms with Crippen LogP contribution in [-0.4, -0.2) is 67.7 Å². The number of benzene rings is 1. The average Bonchev–Trinajstić information content (AvgIpc) is 2.94. The van der Waals surface area contributed by atoms with Gasteiger partial charge in [-0.15, -0.1) is 0 Å². The van der Waals surface area contributed by atoms with Gasteiger partial charge in [0.15, 0.2) is 0 Å². The van der Waals surface area contributed by atoms with Gasteiger partial charge in [0.05, 0.1) is 0 Å². The van der Waals surface area contributed by atoms with Crippen molar-refractivity contribution < 1.29 is 8.42 Å². The van der Waals surface area contributed by atoms with Gasteiger partial charge in [-0.2, -0.15) is 17.0 Å². The molecule has 1 aromatic rings.